The predicted molar refractivity (Wildman–Crippen MR) is 165 cm³/mol. The predicted octanol–water partition coefficient (Wildman–Crippen LogP) is 8.69. The molecule has 3 aliphatic carbocycles. The minimum absolute atomic E-state index is 0.131. The van der Waals surface area contributed by atoms with Gasteiger partial charge in [-0.3, -0.25) is 9.59 Å². The molecule has 0 aromatic heterocycles. The number of alkyl halides is 1. The van der Waals surface area contributed by atoms with Gasteiger partial charge in [-0.2, -0.15) is 0 Å². The lowest BCUT2D eigenvalue weighted by molar-refractivity contribution is -0.159. The summed E-state index contributed by atoms with van der Waals surface area (Å²) in [5.74, 6) is 1.92. The summed E-state index contributed by atoms with van der Waals surface area (Å²) >= 11 is 3.51. The molecule has 0 N–H and O–H groups in total. The van der Waals surface area contributed by atoms with Crippen LogP contribution >= 0.6 is 15.9 Å². The van der Waals surface area contributed by atoms with E-state index < -0.39 is 10.8 Å². The molecule has 6 atom stereocenters. The number of rotatable bonds is 13. The molecule has 5 rings (SSSR count). The molecule has 0 amide bonds. The van der Waals surface area contributed by atoms with Gasteiger partial charge < -0.3 is 14.2 Å². The highest BCUT2D eigenvalue weighted by Gasteiger charge is 2.66. The number of unbranched alkanes of at least 4 members (excludes halogenated alkanes) is 7. The molecule has 2 saturated carbocycles. The number of ether oxygens (including phenoxy) is 3. The number of carbonyl (C=O) groups excluding carboxylic acids is 2. The number of fused-ring (bicyclic) bond motifs is 5. The van der Waals surface area contributed by atoms with Gasteiger partial charge in [-0.15, -0.1) is 0 Å². The Bertz CT molecular complexity index is 1050. The summed E-state index contributed by atoms with van der Waals surface area (Å²) in [6.45, 7) is 2.95. The van der Waals surface area contributed by atoms with Gasteiger partial charge in [0.15, 0.2) is 12.1 Å². The van der Waals surface area contributed by atoms with E-state index in [4.69, 9.17) is 14.2 Å². The van der Waals surface area contributed by atoms with Crippen LogP contribution in [0.15, 0.2) is 18.2 Å². The van der Waals surface area contributed by atoms with Crippen molar-refractivity contribution in [1.82, 2.24) is 0 Å². The fraction of sp³-hybridized carbons (Fsp3) is 0.771. The molecule has 6 heteroatoms. The normalized spacial score (nSPS) is 32.6. The van der Waals surface area contributed by atoms with E-state index in [1.165, 1.54) is 56.8 Å². The Kier molecular flexibility index (Phi) is 10.5. The van der Waals surface area contributed by atoms with Crippen LogP contribution in [0.4, 0.5) is 0 Å². The summed E-state index contributed by atoms with van der Waals surface area (Å²) in [5.41, 5.74) is 1.43. The Morgan fingerprint density at radius 1 is 1.02 bits per heavy atom. The lowest BCUT2D eigenvalue weighted by Gasteiger charge is -2.48. The SMILES string of the molecule is COC(=O)[C@@]1(CCCCCCCCCCBr)C[C@H]2[C@@H]3CCc4cc(OC5CCCCO5)ccc4[C@H]3CC[C@]2(C)C1=O. The number of Topliss-reactive ketones (excluding diaryl/α,β-unsaturated/α-hetero) is 1. The van der Waals surface area contributed by atoms with E-state index in [0.717, 1.165) is 75.5 Å². The Balaban J connectivity index is 1.25. The van der Waals surface area contributed by atoms with Crippen molar-refractivity contribution < 1.29 is 23.8 Å². The fourth-order valence-corrected chi connectivity index (χ4v) is 9.25. The number of esters is 1. The number of carbonyl (C=O) groups is 2. The molecule has 1 unspecified atom stereocenters. The van der Waals surface area contributed by atoms with Crippen molar-refractivity contribution in [3.05, 3.63) is 29.3 Å². The highest BCUT2D eigenvalue weighted by molar-refractivity contribution is 9.09. The third-order valence-corrected chi connectivity index (χ3v) is 11.6. The van der Waals surface area contributed by atoms with Gasteiger partial charge in [0.25, 0.3) is 0 Å². The van der Waals surface area contributed by atoms with Crippen LogP contribution in [0.25, 0.3) is 0 Å². The van der Waals surface area contributed by atoms with Crippen molar-refractivity contribution in [2.45, 2.75) is 128 Å². The highest BCUT2D eigenvalue weighted by Crippen LogP contribution is 2.64. The highest BCUT2D eigenvalue weighted by atomic mass is 79.9. The molecule has 41 heavy (non-hydrogen) atoms. The van der Waals surface area contributed by atoms with E-state index in [1.54, 1.807) is 0 Å². The topological polar surface area (TPSA) is 61.8 Å². The van der Waals surface area contributed by atoms with E-state index in [0.29, 0.717) is 24.7 Å². The first-order valence-corrected chi connectivity index (χ1v) is 17.7. The van der Waals surface area contributed by atoms with Gasteiger partial charge in [-0.25, -0.2) is 0 Å². The van der Waals surface area contributed by atoms with Gasteiger partial charge in [0, 0.05) is 17.2 Å². The van der Waals surface area contributed by atoms with Crippen LogP contribution in [0.3, 0.4) is 0 Å². The van der Waals surface area contributed by atoms with Gasteiger partial charge in [0.05, 0.1) is 13.7 Å². The van der Waals surface area contributed by atoms with Crippen LogP contribution in [0, 0.1) is 22.7 Å². The van der Waals surface area contributed by atoms with Crippen LogP contribution in [0.1, 0.15) is 127 Å². The number of aryl methyl sites for hydroxylation is 1. The average Bonchev–Trinajstić information content (AvgIpc) is 3.23. The summed E-state index contributed by atoms with van der Waals surface area (Å²) in [7, 11) is 1.46. The molecule has 1 aromatic rings. The summed E-state index contributed by atoms with van der Waals surface area (Å²) in [5, 5.41) is 1.09. The number of benzene rings is 1. The summed E-state index contributed by atoms with van der Waals surface area (Å²) in [6.07, 6.45) is 17.9. The van der Waals surface area contributed by atoms with Crippen molar-refractivity contribution in [2.24, 2.45) is 22.7 Å². The second kappa shape index (κ2) is 13.9. The largest absolute Gasteiger partial charge is 0.468 e. The molecule has 1 saturated heterocycles. The van der Waals surface area contributed by atoms with Crippen LogP contribution in [-0.4, -0.2) is 37.1 Å². The zero-order chi connectivity index (χ0) is 28.9. The monoisotopic (exact) mass is 630 g/mol. The molecule has 1 aliphatic heterocycles. The van der Waals surface area contributed by atoms with Crippen LogP contribution in [0.2, 0.25) is 0 Å². The summed E-state index contributed by atoms with van der Waals surface area (Å²) < 4.78 is 17.4. The molecule has 0 radical (unpaired) electrons. The Morgan fingerprint density at radius 3 is 2.49 bits per heavy atom. The minimum atomic E-state index is -0.961. The minimum Gasteiger partial charge on any atom is -0.468 e. The van der Waals surface area contributed by atoms with Gasteiger partial charge in [-0.1, -0.05) is 73.9 Å². The number of ketones is 1. The van der Waals surface area contributed by atoms with Gasteiger partial charge >= 0.3 is 5.97 Å². The Labute approximate surface area is 256 Å². The number of hydrogen-bond acceptors (Lipinski definition) is 5. The number of methoxy groups -OCH3 is 1. The molecular formula is C35H51BrO5. The van der Waals surface area contributed by atoms with Crippen molar-refractivity contribution in [3.8, 4) is 5.75 Å². The maximum atomic E-state index is 14.3. The van der Waals surface area contributed by atoms with Crippen LogP contribution < -0.4 is 4.74 Å². The zero-order valence-electron chi connectivity index (χ0n) is 25.4. The first kappa shape index (κ1) is 31.0. The first-order valence-electron chi connectivity index (χ1n) is 16.5. The average molecular weight is 632 g/mol. The molecule has 3 fully saturated rings. The van der Waals surface area contributed by atoms with E-state index in [9.17, 15) is 9.59 Å². The molecule has 4 aliphatic rings. The molecule has 0 spiro atoms. The molecule has 228 valence electrons. The van der Waals surface area contributed by atoms with Crippen molar-refractivity contribution in [3.63, 3.8) is 0 Å². The van der Waals surface area contributed by atoms with E-state index in [2.05, 4.69) is 41.1 Å². The van der Waals surface area contributed by atoms with Crippen LogP contribution in [0.5, 0.6) is 5.75 Å². The molecule has 5 nitrogen and oxygen atoms in total. The lowest BCUT2D eigenvalue weighted by atomic mass is 9.55. The number of hydrogen-bond donors (Lipinski definition) is 0. The summed E-state index contributed by atoms with van der Waals surface area (Å²) in [6, 6.07) is 6.63. The second-order valence-corrected chi connectivity index (χ2v) is 14.3. The second-order valence-electron chi connectivity index (χ2n) is 13.5. The van der Waals surface area contributed by atoms with Gasteiger partial charge in [0.1, 0.15) is 11.2 Å². The first-order chi connectivity index (χ1) is 19.9. The smallest absolute Gasteiger partial charge is 0.319 e. The van der Waals surface area contributed by atoms with E-state index in [1.807, 2.05) is 0 Å². The maximum Gasteiger partial charge on any atom is 0.319 e. The van der Waals surface area contributed by atoms with Gasteiger partial charge in [-0.05, 0) is 98.8 Å². The molecule has 1 aromatic carbocycles. The van der Waals surface area contributed by atoms with E-state index >= 15 is 0 Å². The number of halogens is 1. The third-order valence-electron chi connectivity index (χ3n) is 11.1. The molecular weight excluding hydrogens is 580 g/mol. The zero-order valence-corrected chi connectivity index (χ0v) is 27.0. The van der Waals surface area contributed by atoms with Crippen molar-refractivity contribution in [2.75, 3.05) is 19.0 Å². The van der Waals surface area contributed by atoms with Crippen molar-refractivity contribution in [1.29, 1.82) is 0 Å². The Hall–Kier alpha value is -1.40. The third kappa shape index (κ3) is 6.44. The quantitative estimate of drug-likeness (QED) is 0.0944. The fourth-order valence-electron chi connectivity index (χ4n) is 8.85. The molecule has 0 bridgehead atoms. The standard InChI is InChI=1S/C35H51BrO5/c1-34-20-18-28-27-17-15-26(41-31-13-9-12-22-40-31)23-25(27)14-16-29(28)30(34)24-35(32(34)37,33(38)39-2)19-10-7-5-3-4-6-8-11-21-36/h15,17,23,28-31H,3-14,16,18-22,24H2,1-2H3/t28-,29-,30+,31?,34+,35+/m1/s1. The van der Waals surface area contributed by atoms with E-state index in [-0.39, 0.29) is 24.0 Å². The van der Waals surface area contributed by atoms with Crippen molar-refractivity contribution >= 4 is 27.7 Å². The lowest BCUT2D eigenvalue weighted by Crippen LogP contribution is -2.44. The van der Waals surface area contributed by atoms with Gasteiger partial charge in [0.2, 0.25) is 0 Å². The Morgan fingerprint density at radius 2 is 1.78 bits per heavy atom. The maximum absolute atomic E-state index is 14.3. The molecule has 1 heterocycles. The summed E-state index contributed by atoms with van der Waals surface area (Å²) in [4.78, 5) is 27.7. The van der Waals surface area contributed by atoms with Crippen LogP contribution in [-0.2, 0) is 25.5 Å².